The fourth-order valence-electron chi connectivity index (χ4n) is 6.15. The van der Waals surface area contributed by atoms with E-state index < -0.39 is 0 Å². The molecule has 3 unspecified atom stereocenters. The maximum Gasteiger partial charge on any atom is 0.00302 e. The first-order chi connectivity index (χ1) is 11.7. The number of fused-ring (bicyclic) bond motifs is 6. The van der Waals surface area contributed by atoms with Crippen LogP contribution in [0.25, 0.3) is 10.8 Å². The molecule has 0 saturated heterocycles. The van der Waals surface area contributed by atoms with Crippen molar-refractivity contribution in [2.75, 3.05) is 0 Å². The average molecular weight is 316 g/mol. The number of rotatable bonds is 2. The number of allylic oxidation sites excluding steroid dienone is 2. The van der Waals surface area contributed by atoms with Crippen LogP contribution in [0.5, 0.6) is 0 Å². The quantitative estimate of drug-likeness (QED) is 0.543. The summed E-state index contributed by atoms with van der Waals surface area (Å²) in [5.41, 5.74) is 7.42. The molecule has 2 aromatic carbocycles. The van der Waals surface area contributed by atoms with Gasteiger partial charge >= 0.3 is 0 Å². The van der Waals surface area contributed by atoms with Crippen LogP contribution in [0.1, 0.15) is 75.0 Å². The molecule has 0 aromatic heterocycles. The topological polar surface area (TPSA) is 0 Å². The van der Waals surface area contributed by atoms with E-state index >= 15 is 0 Å². The second-order valence-electron chi connectivity index (χ2n) is 8.54. The van der Waals surface area contributed by atoms with Crippen LogP contribution in [-0.4, -0.2) is 0 Å². The Balaban J connectivity index is 1.84. The number of aryl methyl sites for hydroxylation is 1. The molecule has 0 N–H and O–H groups in total. The Labute approximate surface area is 146 Å². The van der Waals surface area contributed by atoms with Gasteiger partial charge in [0.2, 0.25) is 0 Å². The minimum atomic E-state index is 0.473. The Morgan fingerprint density at radius 2 is 2.12 bits per heavy atom. The Morgan fingerprint density at radius 1 is 1.25 bits per heavy atom. The molecule has 0 radical (unpaired) electrons. The van der Waals surface area contributed by atoms with Gasteiger partial charge in [0.1, 0.15) is 0 Å². The SMILES string of the molecule is CCC(C)c1c2c(cc3ccccc13)CCCC21CC2=CCC1C2. The van der Waals surface area contributed by atoms with Gasteiger partial charge in [-0.2, -0.15) is 0 Å². The highest BCUT2D eigenvalue weighted by Crippen LogP contribution is 2.60. The summed E-state index contributed by atoms with van der Waals surface area (Å²) in [7, 11) is 0. The molecule has 0 amide bonds. The Bertz CT molecular complexity index is 840. The van der Waals surface area contributed by atoms with E-state index in [9.17, 15) is 0 Å². The molecule has 5 rings (SSSR count). The lowest BCUT2D eigenvalue weighted by Gasteiger charge is -2.44. The van der Waals surface area contributed by atoms with Gasteiger partial charge in [0.05, 0.1) is 0 Å². The fraction of sp³-hybridized carbons (Fsp3) is 0.500. The number of benzene rings is 2. The molecule has 24 heavy (non-hydrogen) atoms. The molecule has 0 nitrogen and oxygen atoms in total. The fourth-order valence-corrected chi connectivity index (χ4v) is 6.15. The predicted molar refractivity (Wildman–Crippen MR) is 103 cm³/mol. The average Bonchev–Trinajstić information content (AvgIpc) is 3.21. The molecule has 3 aliphatic carbocycles. The van der Waals surface area contributed by atoms with Crippen LogP contribution in [0, 0.1) is 5.92 Å². The van der Waals surface area contributed by atoms with Crippen LogP contribution in [0.4, 0.5) is 0 Å². The van der Waals surface area contributed by atoms with E-state index in [0.717, 1.165) is 5.92 Å². The van der Waals surface area contributed by atoms with Gasteiger partial charge in [-0.25, -0.2) is 0 Å². The zero-order valence-corrected chi connectivity index (χ0v) is 15.1. The van der Waals surface area contributed by atoms with Crippen molar-refractivity contribution >= 4 is 10.8 Å². The summed E-state index contributed by atoms with van der Waals surface area (Å²) in [6.45, 7) is 4.81. The van der Waals surface area contributed by atoms with Crippen LogP contribution in [-0.2, 0) is 11.8 Å². The molecule has 1 saturated carbocycles. The number of hydrogen-bond donors (Lipinski definition) is 0. The first kappa shape index (κ1) is 14.8. The van der Waals surface area contributed by atoms with Gasteiger partial charge in [-0.05, 0) is 84.2 Å². The van der Waals surface area contributed by atoms with Crippen LogP contribution in [0.15, 0.2) is 42.0 Å². The van der Waals surface area contributed by atoms with Crippen molar-refractivity contribution in [3.8, 4) is 0 Å². The number of hydrogen-bond acceptors (Lipinski definition) is 0. The molecule has 0 heterocycles. The first-order valence-corrected chi connectivity index (χ1v) is 9.96. The lowest BCUT2D eigenvalue weighted by molar-refractivity contribution is 0.267. The van der Waals surface area contributed by atoms with Crippen molar-refractivity contribution in [3.05, 3.63) is 58.7 Å². The van der Waals surface area contributed by atoms with E-state index in [0.29, 0.717) is 11.3 Å². The highest BCUT2D eigenvalue weighted by molar-refractivity contribution is 5.89. The molecule has 2 aromatic rings. The molecule has 2 bridgehead atoms. The zero-order chi connectivity index (χ0) is 16.3. The van der Waals surface area contributed by atoms with Gasteiger partial charge in [0, 0.05) is 5.41 Å². The highest BCUT2D eigenvalue weighted by atomic mass is 14.5. The third kappa shape index (κ3) is 1.86. The summed E-state index contributed by atoms with van der Waals surface area (Å²) in [4.78, 5) is 0. The molecular formula is C24H28. The van der Waals surface area contributed by atoms with Gasteiger partial charge in [0.25, 0.3) is 0 Å². The van der Waals surface area contributed by atoms with E-state index in [2.05, 4.69) is 50.3 Å². The molecule has 0 heteroatoms. The molecule has 1 spiro atoms. The standard InChI is InChI=1S/C24H28/c1-3-16(2)22-21-9-5-4-7-18(21)14-19-8-6-12-24(23(19)22)15-17-10-11-20(24)13-17/h4-5,7,9-10,14,16,20H,3,6,8,11-13,15H2,1-2H3. The van der Waals surface area contributed by atoms with E-state index in [4.69, 9.17) is 0 Å². The normalized spacial score (nSPS) is 29.1. The predicted octanol–water partition coefficient (Wildman–Crippen LogP) is 6.67. The lowest BCUT2D eigenvalue weighted by atomic mass is 9.60. The summed E-state index contributed by atoms with van der Waals surface area (Å²) in [5.74, 6) is 1.54. The molecule has 0 aliphatic heterocycles. The largest absolute Gasteiger partial charge is 0.0850 e. The molecular weight excluding hydrogens is 288 g/mol. The minimum absolute atomic E-state index is 0.473. The molecule has 1 fully saturated rings. The second-order valence-corrected chi connectivity index (χ2v) is 8.54. The summed E-state index contributed by atoms with van der Waals surface area (Å²) in [6.07, 6.45) is 12.0. The maximum absolute atomic E-state index is 2.55. The first-order valence-electron chi connectivity index (χ1n) is 9.96. The van der Waals surface area contributed by atoms with Crippen molar-refractivity contribution in [3.63, 3.8) is 0 Å². The van der Waals surface area contributed by atoms with E-state index in [-0.39, 0.29) is 0 Å². The van der Waals surface area contributed by atoms with Gasteiger partial charge < -0.3 is 0 Å². The van der Waals surface area contributed by atoms with Crippen molar-refractivity contribution in [2.45, 2.75) is 70.1 Å². The zero-order valence-electron chi connectivity index (χ0n) is 15.1. The summed E-state index contributed by atoms with van der Waals surface area (Å²) < 4.78 is 0. The third-order valence-electron chi connectivity index (χ3n) is 7.37. The Morgan fingerprint density at radius 3 is 2.88 bits per heavy atom. The molecule has 3 aliphatic rings. The maximum atomic E-state index is 2.55. The van der Waals surface area contributed by atoms with E-state index in [1.54, 1.807) is 22.3 Å². The minimum Gasteiger partial charge on any atom is -0.0850 e. The van der Waals surface area contributed by atoms with Crippen molar-refractivity contribution in [1.29, 1.82) is 0 Å². The molecule has 124 valence electrons. The monoisotopic (exact) mass is 316 g/mol. The highest BCUT2D eigenvalue weighted by Gasteiger charge is 2.51. The van der Waals surface area contributed by atoms with Crippen molar-refractivity contribution < 1.29 is 0 Å². The second kappa shape index (κ2) is 5.22. The summed E-state index contributed by atoms with van der Waals surface area (Å²) in [5, 5.41) is 3.00. The molecule has 3 atom stereocenters. The van der Waals surface area contributed by atoms with E-state index in [1.165, 1.54) is 55.7 Å². The third-order valence-corrected chi connectivity index (χ3v) is 7.37. The van der Waals surface area contributed by atoms with Gasteiger partial charge in [0.15, 0.2) is 0 Å². The van der Waals surface area contributed by atoms with Gasteiger partial charge in [-0.15, -0.1) is 0 Å². The van der Waals surface area contributed by atoms with Crippen molar-refractivity contribution in [1.82, 2.24) is 0 Å². The van der Waals surface area contributed by atoms with Crippen LogP contribution < -0.4 is 0 Å². The van der Waals surface area contributed by atoms with Crippen molar-refractivity contribution in [2.24, 2.45) is 5.92 Å². The van der Waals surface area contributed by atoms with Crippen LogP contribution in [0.2, 0.25) is 0 Å². The smallest absolute Gasteiger partial charge is 0.00302 e. The van der Waals surface area contributed by atoms with Gasteiger partial charge in [-0.1, -0.05) is 55.8 Å². The lowest BCUT2D eigenvalue weighted by Crippen LogP contribution is -2.37. The Hall–Kier alpha value is -1.56. The van der Waals surface area contributed by atoms with E-state index in [1.807, 2.05) is 0 Å². The summed E-state index contributed by atoms with van der Waals surface area (Å²) in [6, 6.07) is 11.7. The Kier molecular flexibility index (Phi) is 3.21. The van der Waals surface area contributed by atoms with Gasteiger partial charge in [-0.3, -0.25) is 0 Å². The van der Waals surface area contributed by atoms with Crippen LogP contribution in [0.3, 0.4) is 0 Å². The van der Waals surface area contributed by atoms with Crippen LogP contribution >= 0.6 is 0 Å². The summed E-state index contributed by atoms with van der Waals surface area (Å²) >= 11 is 0.